The van der Waals surface area contributed by atoms with Crippen LogP contribution in [0.5, 0.6) is 0 Å². The number of rotatable bonds is 1. The van der Waals surface area contributed by atoms with E-state index in [0.717, 1.165) is 11.5 Å². The molecule has 0 bridgehead atoms. The molecule has 62 valence electrons. The zero-order valence-corrected chi connectivity index (χ0v) is 6.99. The quantitative estimate of drug-likeness (QED) is 0.628. The Kier molecular flexibility index (Phi) is 1.47. The van der Waals surface area contributed by atoms with Crippen molar-refractivity contribution >= 4 is 17.5 Å². The smallest absolute Gasteiger partial charge is 0.235 e. The van der Waals surface area contributed by atoms with Crippen molar-refractivity contribution in [2.45, 2.75) is 0 Å². The van der Waals surface area contributed by atoms with E-state index in [1.54, 1.807) is 7.05 Å². The van der Waals surface area contributed by atoms with Gasteiger partial charge in [0.1, 0.15) is 0 Å². The van der Waals surface area contributed by atoms with Crippen LogP contribution in [0.25, 0.3) is 10.8 Å². The standard InChI is InChI=1S/C4H5N7S/c1-11-8-2(7-10-11)3-6-4(5)9-12-3/h1H3,(H2,5,9). The first-order valence-corrected chi connectivity index (χ1v) is 3.86. The van der Waals surface area contributed by atoms with Gasteiger partial charge in [-0.3, -0.25) is 0 Å². The fourth-order valence-electron chi connectivity index (χ4n) is 0.695. The minimum absolute atomic E-state index is 0.238. The number of nitrogen functional groups attached to an aromatic ring is 1. The largest absolute Gasteiger partial charge is 0.367 e. The van der Waals surface area contributed by atoms with Gasteiger partial charge in [0.05, 0.1) is 7.05 Å². The highest BCUT2D eigenvalue weighted by molar-refractivity contribution is 7.09. The fraction of sp³-hybridized carbons (Fsp3) is 0.250. The van der Waals surface area contributed by atoms with Crippen LogP contribution < -0.4 is 5.73 Å². The van der Waals surface area contributed by atoms with Gasteiger partial charge in [0.2, 0.25) is 11.8 Å². The predicted molar refractivity (Wildman–Crippen MR) is 42.1 cm³/mol. The molecule has 12 heavy (non-hydrogen) atoms. The minimum atomic E-state index is 0.238. The molecule has 8 heteroatoms. The molecular weight excluding hydrogens is 178 g/mol. The Morgan fingerprint density at radius 3 is 2.83 bits per heavy atom. The van der Waals surface area contributed by atoms with Gasteiger partial charge in [0, 0.05) is 0 Å². The number of hydrogen-bond donors (Lipinski definition) is 1. The molecule has 2 aromatic heterocycles. The van der Waals surface area contributed by atoms with Gasteiger partial charge in [-0.2, -0.15) is 14.2 Å². The lowest BCUT2D eigenvalue weighted by Gasteiger charge is -1.80. The van der Waals surface area contributed by atoms with E-state index in [4.69, 9.17) is 5.73 Å². The van der Waals surface area contributed by atoms with Crippen molar-refractivity contribution in [3.05, 3.63) is 0 Å². The third-order valence-corrected chi connectivity index (χ3v) is 1.87. The fourth-order valence-corrected chi connectivity index (χ4v) is 1.21. The second kappa shape index (κ2) is 2.48. The predicted octanol–water partition coefficient (Wildman–Crippen LogP) is -0.689. The monoisotopic (exact) mass is 183 g/mol. The van der Waals surface area contributed by atoms with Gasteiger partial charge < -0.3 is 5.73 Å². The van der Waals surface area contributed by atoms with Crippen molar-refractivity contribution in [2.75, 3.05) is 5.73 Å². The Bertz CT molecular complexity index is 351. The molecular formula is C4H5N7S. The molecule has 0 spiro atoms. The molecule has 0 atom stereocenters. The topological polar surface area (TPSA) is 95.4 Å². The molecule has 7 nitrogen and oxygen atoms in total. The van der Waals surface area contributed by atoms with Gasteiger partial charge in [-0.1, -0.05) is 0 Å². The molecule has 0 saturated carbocycles. The van der Waals surface area contributed by atoms with E-state index in [1.165, 1.54) is 4.80 Å². The number of hydrogen-bond acceptors (Lipinski definition) is 7. The molecule has 0 fully saturated rings. The lowest BCUT2D eigenvalue weighted by atomic mass is 10.7. The van der Waals surface area contributed by atoms with E-state index in [1.807, 2.05) is 0 Å². The summed E-state index contributed by atoms with van der Waals surface area (Å²) in [5.74, 6) is 0.689. The Morgan fingerprint density at radius 1 is 1.50 bits per heavy atom. The molecule has 2 N–H and O–H groups in total. The molecule has 0 aliphatic rings. The zero-order valence-electron chi connectivity index (χ0n) is 6.17. The number of aryl methyl sites for hydroxylation is 1. The van der Waals surface area contributed by atoms with E-state index in [0.29, 0.717) is 10.8 Å². The minimum Gasteiger partial charge on any atom is -0.367 e. The van der Waals surface area contributed by atoms with Gasteiger partial charge >= 0.3 is 0 Å². The maximum Gasteiger partial charge on any atom is 0.235 e. The van der Waals surface area contributed by atoms with Crippen molar-refractivity contribution < 1.29 is 0 Å². The van der Waals surface area contributed by atoms with Gasteiger partial charge in [0.15, 0.2) is 5.01 Å². The lowest BCUT2D eigenvalue weighted by Crippen LogP contribution is -1.91. The molecule has 2 heterocycles. The van der Waals surface area contributed by atoms with Crippen LogP contribution in [0.3, 0.4) is 0 Å². The van der Waals surface area contributed by atoms with Crippen LogP contribution in [0.2, 0.25) is 0 Å². The van der Waals surface area contributed by atoms with E-state index in [9.17, 15) is 0 Å². The van der Waals surface area contributed by atoms with Gasteiger partial charge in [-0.25, -0.2) is 0 Å². The molecule has 2 rings (SSSR count). The molecule has 0 aliphatic heterocycles. The molecule has 0 unspecified atom stereocenters. The van der Waals surface area contributed by atoms with Crippen LogP contribution in [0.15, 0.2) is 0 Å². The van der Waals surface area contributed by atoms with E-state index in [-0.39, 0.29) is 5.95 Å². The summed E-state index contributed by atoms with van der Waals surface area (Å²) in [7, 11) is 1.68. The van der Waals surface area contributed by atoms with Crippen LogP contribution in [0.1, 0.15) is 0 Å². The number of nitrogens with zero attached hydrogens (tertiary/aromatic N) is 6. The molecule has 0 radical (unpaired) electrons. The molecule has 0 saturated heterocycles. The Morgan fingerprint density at radius 2 is 2.33 bits per heavy atom. The highest BCUT2D eigenvalue weighted by Crippen LogP contribution is 2.16. The van der Waals surface area contributed by atoms with Crippen molar-refractivity contribution in [1.82, 2.24) is 29.6 Å². The summed E-state index contributed by atoms with van der Waals surface area (Å²) >= 11 is 1.15. The number of nitrogens with two attached hydrogens (primary N) is 1. The van der Waals surface area contributed by atoms with Crippen molar-refractivity contribution in [2.24, 2.45) is 7.05 Å². The van der Waals surface area contributed by atoms with Crippen molar-refractivity contribution in [1.29, 1.82) is 0 Å². The highest BCUT2D eigenvalue weighted by atomic mass is 32.1. The van der Waals surface area contributed by atoms with Crippen LogP contribution >= 0.6 is 11.5 Å². The third-order valence-electron chi connectivity index (χ3n) is 1.14. The molecule has 0 amide bonds. The van der Waals surface area contributed by atoms with Crippen LogP contribution in [0.4, 0.5) is 5.95 Å². The van der Waals surface area contributed by atoms with Gasteiger partial charge in [-0.15, -0.1) is 10.2 Å². The SMILES string of the molecule is Cn1nnc(-c2nc(N)ns2)n1. The first kappa shape index (κ1) is 7.10. The van der Waals surface area contributed by atoms with Crippen LogP contribution in [-0.2, 0) is 7.05 Å². The van der Waals surface area contributed by atoms with Gasteiger partial charge in [-0.05, 0) is 16.7 Å². The Balaban J connectivity index is 2.43. The third kappa shape index (κ3) is 1.11. The summed E-state index contributed by atoms with van der Waals surface area (Å²) in [6, 6.07) is 0. The van der Waals surface area contributed by atoms with E-state index < -0.39 is 0 Å². The zero-order chi connectivity index (χ0) is 8.55. The van der Waals surface area contributed by atoms with Crippen LogP contribution in [-0.4, -0.2) is 29.6 Å². The normalized spacial score (nSPS) is 10.4. The van der Waals surface area contributed by atoms with E-state index in [2.05, 4.69) is 24.8 Å². The summed E-state index contributed by atoms with van der Waals surface area (Å²) in [4.78, 5) is 5.26. The molecule has 2 aromatic rings. The molecule has 0 aliphatic carbocycles. The van der Waals surface area contributed by atoms with Crippen LogP contribution in [0, 0.1) is 0 Å². The van der Waals surface area contributed by atoms with Crippen molar-refractivity contribution in [3.63, 3.8) is 0 Å². The summed E-state index contributed by atoms with van der Waals surface area (Å²) in [6.45, 7) is 0. The molecule has 0 aromatic carbocycles. The van der Waals surface area contributed by atoms with Gasteiger partial charge in [0.25, 0.3) is 0 Å². The second-order valence-corrected chi connectivity index (χ2v) is 2.81. The number of aromatic nitrogens is 6. The Hall–Kier alpha value is -1.57. The average Bonchev–Trinajstić information content (AvgIpc) is 2.58. The highest BCUT2D eigenvalue weighted by Gasteiger charge is 2.08. The van der Waals surface area contributed by atoms with E-state index >= 15 is 0 Å². The maximum absolute atomic E-state index is 5.33. The van der Waals surface area contributed by atoms with Crippen molar-refractivity contribution in [3.8, 4) is 10.8 Å². The summed E-state index contributed by atoms with van der Waals surface area (Å²) in [6.07, 6.45) is 0. The lowest BCUT2D eigenvalue weighted by molar-refractivity contribution is 0.630. The number of tetrazole rings is 1. The second-order valence-electron chi connectivity index (χ2n) is 2.06. The summed E-state index contributed by atoms with van der Waals surface area (Å²) in [5.41, 5.74) is 5.33. The average molecular weight is 183 g/mol. The Labute approximate surface area is 71.4 Å². The number of anilines is 1. The first-order valence-electron chi connectivity index (χ1n) is 3.09. The first-order chi connectivity index (χ1) is 5.75. The summed E-state index contributed by atoms with van der Waals surface area (Å²) < 4.78 is 3.79. The maximum atomic E-state index is 5.33. The summed E-state index contributed by atoms with van der Waals surface area (Å²) in [5, 5.41) is 11.9.